The van der Waals surface area contributed by atoms with Crippen LogP contribution in [-0.4, -0.2) is 23.1 Å². The van der Waals surface area contributed by atoms with Crippen molar-refractivity contribution in [1.82, 2.24) is 0 Å². The van der Waals surface area contributed by atoms with Crippen LogP contribution in [0.1, 0.15) is 0 Å². The molecule has 0 radical (unpaired) electrons. The van der Waals surface area contributed by atoms with E-state index in [-0.39, 0.29) is 15.7 Å². The number of sulfonamides is 1. The lowest BCUT2D eigenvalue weighted by molar-refractivity contribution is 0.606. The quantitative estimate of drug-likeness (QED) is 0.858. The lowest BCUT2D eigenvalue weighted by Crippen LogP contribution is -2.09. The molecule has 0 aliphatic heterocycles. The molecule has 0 fully saturated rings. The van der Waals surface area contributed by atoms with Crippen LogP contribution in [0.3, 0.4) is 0 Å². The summed E-state index contributed by atoms with van der Waals surface area (Å²) in [7, 11) is -2.48. The molecule has 1 aromatic carbocycles. The summed E-state index contributed by atoms with van der Waals surface area (Å²) in [4.78, 5) is -0.457. The smallest absolute Gasteiger partial charge is 0.264 e. The molecule has 0 saturated heterocycles. The van der Waals surface area contributed by atoms with E-state index in [4.69, 9.17) is 33.9 Å². The fourth-order valence-corrected chi connectivity index (χ4v) is 4.03. The highest BCUT2D eigenvalue weighted by Crippen LogP contribution is 2.34. The monoisotopic (exact) mass is 337 g/mol. The van der Waals surface area contributed by atoms with E-state index in [1.165, 1.54) is 0 Å². The average molecular weight is 339 g/mol. The van der Waals surface area contributed by atoms with Gasteiger partial charge >= 0.3 is 0 Å². The summed E-state index contributed by atoms with van der Waals surface area (Å²) >= 11 is 11.3. The molecule has 17 heavy (non-hydrogen) atoms. The Morgan fingerprint density at radius 2 is 1.47 bits per heavy atom. The van der Waals surface area contributed by atoms with Crippen molar-refractivity contribution in [2.24, 2.45) is 0 Å². The van der Waals surface area contributed by atoms with Crippen LogP contribution in [0.2, 0.25) is 10.0 Å². The van der Waals surface area contributed by atoms with Gasteiger partial charge < -0.3 is 0 Å². The molecule has 0 heterocycles. The van der Waals surface area contributed by atoms with Crippen molar-refractivity contribution < 1.29 is 16.8 Å². The largest absolute Gasteiger partial charge is 0.284 e. The Labute approximate surface area is 113 Å². The number of rotatable bonds is 3. The standard InChI is InChI=1S/C7H6Cl3NO4S2/c1-16(12,13)11-4-2-5(8)7(6(9)3-4)17(10,14)15/h2-3,11H,1H3. The van der Waals surface area contributed by atoms with Crippen LogP contribution in [0.4, 0.5) is 5.69 Å². The minimum Gasteiger partial charge on any atom is -0.284 e. The van der Waals surface area contributed by atoms with E-state index < -0.39 is 24.0 Å². The van der Waals surface area contributed by atoms with E-state index in [1.807, 2.05) is 0 Å². The van der Waals surface area contributed by atoms with Crippen molar-refractivity contribution in [1.29, 1.82) is 0 Å². The first kappa shape index (κ1) is 14.8. The third-order valence-corrected chi connectivity index (χ3v) is 4.36. The highest BCUT2D eigenvalue weighted by Gasteiger charge is 2.20. The maximum atomic E-state index is 11.1. The van der Waals surface area contributed by atoms with Gasteiger partial charge in [-0.05, 0) is 12.1 Å². The number of anilines is 1. The predicted octanol–water partition coefficient (Wildman–Crippen LogP) is 2.29. The second-order valence-electron chi connectivity index (χ2n) is 3.08. The number of hydrogen-bond acceptors (Lipinski definition) is 4. The first-order chi connectivity index (χ1) is 7.50. The third-order valence-electron chi connectivity index (χ3n) is 1.55. The van der Waals surface area contributed by atoms with Crippen molar-refractivity contribution in [3.05, 3.63) is 22.2 Å². The van der Waals surface area contributed by atoms with Crippen molar-refractivity contribution in [3.63, 3.8) is 0 Å². The molecule has 0 bridgehead atoms. The lowest BCUT2D eigenvalue weighted by Gasteiger charge is -2.08. The highest BCUT2D eigenvalue weighted by molar-refractivity contribution is 8.14. The summed E-state index contributed by atoms with van der Waals surface area (Å²) in [5, 5.41) is -0.530. The molecule has 0 aliphatic carbocycles. The minimum absolute atomic E-state index is 0.0477. The molecule has 1 rings (SSSR count). The summed E-state index contributed by atoms with van der Waals surface area (Å²) in [6.07, 6.45) is 0.932. The Hall–Kier alpha value is -0.210. The predicted molar refractivity (Wildman–Crippen MR) is 68.0 cm³/mol. The molecule has 1 aromatic rings. The number of benzene rings is 1. The first-order valence-electron chi connectivity index (χ1n) is 3.92. The zero-order valence-corrected chi connectivity index (χ0v) is 12.1. The van der Waals surface area contributed by atoms with E-state index in [0.717, 1.165) is 18.4 Å². The van der Waals surface area contributed by atoms with Gasteiger partial charge in [0.1, 0.15) is 4.90 Å². The Morgan fingerprint density at radius 3 is 1.76 bits per heavy atom. The van der Waals surface area contributed by atoms with Crippen molar-refractivity contribution >= 4 is 58.6 Å². The van der Waals surface area contributed by atoms with Gasteiger partial charge in [-0.3, -0.25) is 4.72 Å². The van der Waals surface area contributed by atoms with Crippen LogP contribution < -0.4 is 4.72 Å². The lowest BCUT2D eigenvalue weighted by atomic mass is 10.3. The molecule has 0 saturated carbocycles. The summed E-state index contributed by atoms with van der Waals surface area (Å²) in [5.74, 6) is 0. The summed E-state index contributed by atoms with van der Waals surface area (Å²) < 4.78 is 46.3. The molecule has 0 atom stereocenters. The first-order valence-corrected chi connectivity index (χ1v) is 8.88. The van der Waals surface area contributed by atoms with Crippen LogP contribution in [0.25, 0.3) is 0 Å². The van der Waals surface area contributed by atoms with Gasteiger partial charge in [-0.15, -0.1) is 0 Å². The molecule has 5 nitrogen and oxygen atoms in total. The molecular weight excluding hydrogens is 333 g/mol. The molecule has 0 aliphatic rings. The van der Waals surface area contributed by atoms with Gasteiger partial charge in [0.25, 0.3) is 9.05 Å². The maximum Gasteiger partial charge on any atom is 0.264 e. The van der Waals surface area contributed by atoms with Gasteiger partial charge in [0.2, 0.25) is 10.0 Å². The highest BCUT2D eigenvalue weighted by atomic mass is 35.7. The number of nitrogens with one attached hydrogen (secondary N) is 1. The Bertz CT molecular complexity index is 631. The zero-order valence-electron chi connectivity index (χ0n) is 8.24. The Morgan fingerprint density at radius 1 is 1.06 bits per heavy atom. The van der Waals surface area contributed by atoms with E-state index in [1.54, 1.807) is 0 Å². The molecular formula is C7H6Cl3NO4S2. The van der Waals surface area contributed by atoms with E-state index in [0.29, 0.717) is 0 Å². The van der Waals surface area contributed by atoms with Gasteiger partial charge in [-0.2, -0.15) is 0 Å². The number of hydrogen-bond donors (Lipinski definition) is 1. The topological polar surface area (TPSA) is 80.3 Å². The summed E-state index contributed by atoms with van der Waals surface area (Å²) in [6, 6.07) is 2.20. The van der Waals surface area contributed by atoms with Crippen molar-refractivity contribution in [2.45, 2.75) is 4.90 Å². The number of halogens is 3. The van der Waals surface area contributed by atoms with Crippen LogP contribution in [0.15, 0.2) is 17.0 Å². The molecule has 0 amide bonds. The Kier molecular flexibility index (Phi) is 4.20. The van der Waals surface area contributed by atoms with E-state index in [2.05, 4.69) is 4.72 Å². The molecule has 96 valence electrons. The fraction of sp³-hybridized carbons (Fsp3) is 0.143. The molecule has 10 heteroatoms. The SMILES string of the molecule is CS(=O)(=O)Nc1cc(Cl)c(S(=O)(=O)Cl)c(Cl)c1. The van der Waals surface area contributed by atoms with Crippen molar-refractivity contribution in [3.8, 4) is 0 Å². The van der Waals surface area contributed by atoms with Gasteiger partial charge in [-0.1, -0.05) is 23.2 Å². The third kappa shape index (κ3) is 4.18. The van der Waals surface area contributed by atoms with Gasteiger partial charge in [0.05, 0.1) is 22.0 Å². The molecule has 0 spiro atoms. The van der Waals surface area contributed by atoms with E-state index in [9.17, 15) is 16.8 Å². The second-order valence-corrected chi connectivity index (χ2v) is 8.15. The normalized spacial score (nSPS) is 12.5. The van der Waals surface area contributed by atoms with Gasteiger partial charge in [0, 0.05) is 10.7 Å². The maximum absolute atomic E-state index is 11.1. The Balaban J connectivity index is 3.39. The van der Waals surface area contributed by atoms with Crippen LogP contribution in [-0.2, 0) is 19.1 Å². The zero-order chi connectivity index (χ0) is 13.4. The molecule has 0 aromatic heterocycles. The molecule has 1 N–H and O–H groups in total. The fourth-order valence-electron chi connectivity index (χ4n) is 1.07. The average Bonchev–Trinajstić information content (AvgIpc) is 1.94. The van der Waals surface area contributed by atoms with Crippen LogP contribution in [0, 0.1) is 0 Å². The van der Waals surface area contributed by atoms with Crippen LogP contribution >= 0.6 is 33.9 Å². The second kappa shape index (κ2) is 4.81. The van der Waals surface area contributed by atoms with Crippen molar-refractivity contribution in [2.75, 3.05) is 11.0 Å². The minimum atomic E-state index is -4.09. The van der Waals surface area contributed by atoms with E-state index >= 15 is 0 Å². The summed E-state index contributed by atoms with van der Waals surface area (Å²) in [5.41, 5.74) is 0.0477. The summed E-state index contributed by atoms with van der Waals surface area (Å²) in [6.45, 7) is 0. The van der Waals surface area contributed by atoms with Gasteiger partial charge in [0.15, 0.2) is 0 Å². The van der Waals surface area contributed by atoms with Crippen LogP contribution in [0.5, 0.6) is 0 Å². The molecule has 0 unspecified atom stereocenters. The van der Waals surface area contributed by atoms with Gasteiger partial charge in [-0.25, -0.2) is 16.8 Å².